The van der Waals surface area contributed by atoms with Crippen molar-refractivity contribution in [1.82, 2.24) is 9.88 Å². The Kier molecular flexibility index (Phi) is 3.15. The molecule has 1 saturated carbocycles. The maximum absolute atomic E-state index is 12.7. The summed E-state index contributed by atoms with van der Waals surface area (Å²) in [5, 5.41) is 6.02. The van der Waals surface area contributed by atoms with Gasteiger partial charge in [-0.15, -0.1) is 11.3 Å². The molecule has 1 aliphatic carbocycles. The van der Waals surface area contributed by atoms with E-state index in [4.69, 9.17) is 0 Å². The van der Waals surface area contributed by atoms with Crippen molar-refractivity contribution in [2.24, 2.45) is 5.92 Å². The van der Waals surface area contributed by atoms with Crippen LogP contribution in [0.15, 0.2) is 35.8 Å². The van der Waals surface area contributed by atoms with Crippen LogP contribution in [-0.2, 0) is 0 Å². The molecule has 5 heteroatoms. The second-order valence-corrected chi connectivity index (χ2v) is 6.64. The molecule has 108 valence electrons. The minimum absolute atomic E-state index is 0.171. The standard InChI is InChI=1S/C16H17N3OS/c20-15(19-7-2-4-11-10-14(11)19)12-3-1-5-13(9-12)18-16-17-6-8-21-16/h1,3,5-6,8-9,11,14H,2,4,7,10H2,(H,17,18). The Morgan fingerprint density at radius 1 is 1.43 bits per heavy atom. The number of thiazole rings is 1. The number of amides is 1. The van der Waals surface area contributed by atoms with Crippen molar-refractivity contribution in [3.63, 3.8) is 0 Å². The molecule has 1 aromatic heterocycles. The number of carbonyl (C=O) groups excluding carboxylic acids is 1. The van der Waals surface area contributed by atoms with Crippen LogP contribution in [0.5, 0.6) is 0 Å². The minimum atomic E-state index is 0.171. The van der Waals surface area contributed by atoms with Crippen molar-refractivity contribution in [1.29, 1.82) is 0 Å². The van der Waals surface area contributed by atoms with Crippen LogP contribution in [0.1, 0.15) is 29.6 Å². The van der Waals surface area contributed by atoms with Gasteiger partial charge in [0, 0.05) is 35.4 Å². The van der Waals surface area contributed by atoms with Gasteiger partial charge in [0.05, 0.1) is 0 Å². The van der Waals surface area contributed by atoms with Crippen molar-refractivity contribution < 1.29 is 4.79 Å². The first-order chi connectivity index (χ1) is 10.3. The molecule has 2 heterocycles. The molecule has 21 heavy (non-hydrogen) atoms. The Morgan fingerprint density at radius 3 is 3.24 bits per heavy atom. The van der Waals surface area contributed by atoms with Crippen LogP contribution in [0.4, 0.5) is 10.8 Å². The topological polar surface area (TPSA) is 45.2 Å². The lowest BCUT2D eigenvalue weighted by atomic mass is 10.1. The second-order valence-electron chi connectivity index (χ2n) is 5.75. The molecular formula is C16H17N3OS. The van der Waals surface area contributed by atoms with Crippen molar-refractivity contribution in [3.05, 3.63) is 41.4 Å². The summed E-state index contributed by atoms with van der Waals surface area (Å²) in [6, 6.07) is 8.23. The van der Waals surface area contributed by atoms with E-state index in [1.165, 1.54) is 12.8 Å². The summed E-state index contributed by atoms with van der Waals surface area (Å²) in [7, 11) is 0. The zero-order chi connectivity index (χ0) is 14.2. The van der Waals surface area contributed by atoms with Gasteiger partial charge in [-0.25, -0.2) is 4.98 Å². The average molecular weight is 299 g/mol. The summed E-state index contributed by atoms with van der Waals surface area (Å²) >= 11 is 1.55. The first-order valence-electron chi connectivity index (χ1n) is 7.39. The Balaban J connectivity index is 1.53. The highest BCUT2D eigenvalue weighted by atomic mass is 32.1. The van der Waals surface area contributed by atoms with Crippen molar-refractivity contribution >= 4 is 28.1 Å². The largest absolute Gasteiger partial charge is 0.335 e. The van der Waals surface area contributed by atoms with E-state index in [0.717, 1.165) is 35.3 Å². The van der Waals surface area contributed by atoms with Gasteiger partial charge < -0.3 is 10.2 Å². The molecule has 2 unspecified atom stereocenters. The molecule has 0 radical (unpaired) electrons. The van der Waals surface area contributed by atoms with E-state index in [1.807, 2.05) is 29.6 Å². The Bertz CT molecular complexity index is 655. The van der Waals surface area contributed by atoms with Crippen molar-refractivity contribution in [2.75, 3.05) is 11.9 Å². The number of fused-ring (bicyclic) bond motifs is 1. The highest BCUT2D eigenvalue weighted by Gasteiger charge is 2.46. The molecule has 1 aliphatic heterocycles. The van der Waals surface area contributed by atoms with Crippen LogP contribution < -0.4 is 5.32 Å². The number of piperidine rings is 1. The van der Waals surface area contributed by atoms with E-state index in [-0.39, 0.29) is 5.91 Å². The maximum Gasteiger partial charge on any atom is 0.254 e. The van der Waals surface area contributed by atoms with E-state index in [2.05, 4.69) is 15.2 Å². The van der Waals surface area contributed by atoms with Gasteiger partial charge >= 0.3 is 0 Å². The molecule has 4 nitrogen and oxygen atoms in total. The number of anilines is 2. The zero-order valence-corrected chi connectivity index (χ0v) is 12.5. The van der Waals surface area contributed by atoms with Crippen LogP contribution in [0.3, 0.4) is 0 Å². The fraction of sp³-hybridized carbons (Fsp3) is 0.375. The van der Waals surface area contributed by atoms with Gasteiger partial charge in [-0.2, -0.15) is 0 Å². The highest BCUT2D eigenvalue weighted by molar-refractivity contribution is 7.13. The molecule has 1 N–H and O–H groups in total. The summed E-state index contributed by atoms with van der Waals surface area (Å²) in [4.78, 5) is 18.9. The quantitative estimate of drug-likeness (QED) is 0.943. The highest BCUT2D eigenvalue weighted by Crippen LogP contribution is 2.43. The zero-order valence-electron chi connectivity index (χ0n) is 11.7. The lowest BCUT2D eigenvalue weighted by Gasteiger charge is -2.27. The van der Waals surface area contributed by atoms with E-state index in [1.54, 1.807) is 17.5 Å². The predicted molar refractivity (Wildman–Crippen MR) is 84.0 cm³/mol. The van der Waals surface area contributed by atoms with Crippen molar-refractivity contribution in [3.8, 4) is 0 Å². The van der Waals surface area contributed by atoms with Crippen LogP contribution in [-0.4, -0.2) is 28.4 Å². The van der Waals surface area contributed by atoms with Crippen LogP contribution in [0.25, 0.3) is 0 Å². The van der Waals surface area contributed by atoms with Crippen LogP contribution in [0, 0.1) is 5.92 Å². The van der Waals surface area contributed by atoms with Crippen LogP contribution in [0.2, 0.25) is 0 Å². The molecule has 4 rings (SSSR count). The Labute approximate surface area is 127 Å². The Morgan fingerprint density at radius 2 is 2.38 bits per heavy atom. The van der Waals surface area contributed by atoms with Gasteiger partial charge in [-0.3, -0.25) is 4.79 Å². The number of benzene rings is 1. The molecule has 1 amide bonds. The van der Waals surface area contributed by atoms with Gasteiger partial charge in [0.25, 0.3) is 5.91 Å². The third-order valence-electron chi connectivity index (χ3n) is 4.31. The molecule has 1 aromatic carbocycles. The lowest BCUT2D eigenvalue weighted by Crippen LogP contribution is -2.37. The summed E-state index contributed by atoms with van der Waals surface area (Å²) in [6.07, 6.45) is 5.40. The monoisotopic (exact) mass is 299 g/mol. The normalized spacial score (nSPS) is 23.5. The number of likely N-dealkylation sites (tertiary alicyclic amines) is 1. The van der Waals surface area contributed by atoms with Gasteiger partial charge in [0.15, 0.2) is 5.13 Å². The predicted octanol–water partition coefficient (Wildman–Crippen LogP) is 3.51. The summed E-state index contributed by atoms with van der Waals surface area (Å²) in [6.45, 7) is 0.907. The number of nitrogens with one attached hydrogen (secondary N) is 1. The summed E-state index contributed by atoms with van der Waals surface area (Å²) in [5.74, 6) is 0.935. The van der Waals surface area contributed by atoms with Gasteiger partial charge in [0.1, 0.15) is 0 Å². The van der Waals surface area contributed by atoms with E-state index < -0.39 is 0 Å². The molecule has 2 aliphatic rings. The number of hydrogen-bond acceptors (Lipinski definition) is 4. The van der Waals surface area contributed by atoms with Crippen LogP contribution >= 0.6 is 11.3 Å². The third kappa shape index (κ3) is 2.53. The van der Waals surface area contributed by atoms with Crippen molar-refractivity contribution in [2.45, 2.75) is 25.3 Å². The average Bonchev–Trinajstić information content (AvgIpc) is 3.15. The van der Waals surface area contributed by atoms with Gasteiger partial charge in [0.2, 0.25) is 0 Å². The van der Waals surface area contributed by atoms with Gasteiger partial charge in [-0.05, 0) is 43.4 Å². The molecule has 2 fully saturated rings. The molecular weight excluding hydrogens is 282 g/mol. The lowest BCUT2D eigenvalue weighted by molar-refractivity contribution is 0.0706. The smallest absolute Gasteiger partial charge is 0.254 e. The molecule has 0 spiro atoms. The maximum atomic E-state index is 12.7. The summed E-state index contributed by atoms with van der Waals surface area (Å²) < 4.78 is 0. The Hall–Kier alpha value is -1.88. The SMILES string of the molecule is O=C(c1cccc(Nc2nccs2)c1)N1CCCC2CC21. The fourth-order valence-corrected chi connectivity index (χ4v) is 3.72. The molecule has 2 aromatic rings. The third-order valence-corrected chi connectivity index (χ3v) is 5.00. The van der Waals surface area contributed by atoms with Gasteiger partial charge in [-0.1, -0.05) is 6.07 Å². The molecule has 1 saturated heterocycles. The summed E-state index contributed by atoms with van der Waals surface area (Å²) in [5.41, 5.74) is 1.68. The number of carbonyl (C=O) groups is 1. The number of nitrogens with zero attached hydrogens (tertiary/aromatic N) is 2. The molecule has 0 bridgehead atoms. The first-order valence-corrected chi connectivity index (χ1v) is 8.27. The van der Waals surface area contributed by atoms with E-state index >= 15 is 0 Å². The van der Waals surface area contributed by atoms with E-state index in [0.29, 0.717) is 6.04 Å². The number of hydrogen-bond donors (Lipinski definition) is 1. The minimum Gasteiger partial charge on any atom is -0.335 e. The van der Waals surface area contributed by atoms with E-state index in [9.17, 15) is 4.79 Å². The number of rotatable bonds is 3. The molecule has 2 atom stereocenters. The number of aromatic nitrogens is 1. The second kappa shape index (κ2) is 5.15. The fourth-order valence-electron chi connectivity index (χ4n) is 3.17. The first kappa shape index (κ1) is 12.8.